The zero-order valence-electron chi connectivity index (χ0n) is 20.5. The van der Waals surface area contributed by atoms with Gasteiger partial charge in [0.15, 0.2) is 5.78 Å². The molecule has 0 radical (unpaired) electrons. The van der Waals surface area contributed by atoms with E-state index in [1.807, 2.05) is 50.6 Å². The Morgan fingerprint density at radius 3 is 2.64 bits per heavy atom. The van der Waals surface area contributed by atoms with Gasteiger partial charge in [-0.15, -0.1) is 0 Å². The first-order valence-corrected chi connectivity index (χ1v) is 12.2. The second-order valence-electron chi connectivity index (χ2n) is 10.0. The van der Waals surface area contributed by atoms with E-state index in [4.69, 9.17) is 4.98 Å². The van der Waals surface area contributed by atoms with Gasteiger partial charge >= 0.3 is 0 Å². The van der Waals surface area contributed by atoms with E-state index < -0.39 is 5.41 Å². The van der Waals surface area contributed by atoms with E-state index >= 15 is 0 Å². The van der Waals surface area contributed by atoms with Crippen molar-refractivity contribution in [1.82, 2.24) is 24.3 Å². The minimum atomic E-state index is -0.503. The van der Waals surface area contributed by atoms with E-state index in [2.05, 4.69) is 45.8 Å². The minimum absolute atomic E-state index is 0.0552. The molecule has 3 atom stereocenters. The van der Waals surface area contributed by atoms with Crippen LogP contribution < -0.4 is 0 Å². The fourth-order valence-corrected chi connectivity index (χ4v) is 6.09. The number of rotatable bonds is 3. The summed E-state index contributed by atoms with van der Waals surface area (Å²) in [6.45, 7) is 4.09. The Hall–Kier alpha value is -4.31. The van der Waals surface area contributed by atoms with Crippen LogP contribution in [0.25, 0.3) is 28.2 Å². The molecule has 178 valence electrons. The normalized spacial score (nSPS) is 22.9. The Morgan fingerprint density at radius 2 is 1.92 bits per heavy atom. The third-order valence-corrected chi connectivity index (χ3v) is 7.88. The molecule has 0 bridgehead atoms. The summed E-state index contributed by atoms with van der Waals surface area (Å²) in [5, 5.41) is 14.1. The van der Waals surface area contributed by atoms with E-state index in [0.29, 0.717) is 0 Å². The third kappa shape index (κ3) is 3.25. The number of benzene rings is 1. The van der Waals surface area contributed by atoms with Gasteiger partial charge in [0.1, 0.15) is 11.9 Å². The van der Waals surface area contributed by atoms with Crippen LogP contribution in [-0.4, -0.2) is 30.1 Å². The van der Waals surface area contributed by atoms with Gasteiger partial charge in [-0.2, -0.15) is 10.4 Å². The Morgan fingerprint density at radius 1 is 1.14 bits per heavy atom. The number of carbonyl (C=O) groups is 1. The van der Waals surface area contributed by atoms with Gasteiger partial charge in [0.05, 0.1) is 23.2 Å². The Balaban J connectivity index is 1.60. The Bertz CT molecular complexity index is 1570. The number of carbonyl (C=O) groups excluding carboxylic acids is 1. The smallest absolute Gasteiger partial charge is 0.176 e. The van der Waals surface area contributed by atoms with Crippen LogP contribution in [0.5, 0.6) is 0 Å². The number of Topliss-reactive ketones (excluding diaryl/α,β-unsaturated/α-hetero) is 1. The molecule has 0 N–H and O–H groups in total. The highest BCUT2D eigenvalue weighted by Crippen LogP contribution is 2.50. The first kappa shape index (κ1) is 22.2. The SMILES string of the molecule is C[C@H]1C(=O)C(C#N)=C[C@@]2(C)c3nc(-c4cccc(-c5ccncc5)c4)n(-c4cnn(C)c4)c3CC[C@H]12. The standard InChI is InChI=1S/C29H26N6O/c1-18-24-7-8-25-27(29(24,2)14-22(15-30)26(18)36)33-28(35(25)23-16-32-34(3)17-23)21-6-4-5-20(13-21)19-9-11-31-12-10-19/h4-6,9-14,16-18,24H,7-8H2,1-3H3/t18-,24-,29-/m1/s1. The molecule has 1 aromatic carbocycles. The molecule has 3 aromatic heterocycles. The predicted molar refractivity (Wildman–Crippen MR) is 136 cm³/mol. The number of aryl methyl sites for hydroxylation is 1. The lowest BCUT2D eigenvalue weighted by atomic mass is 9.58. The van der Waals surface area contributed by atoms with Crippen molar-refractivity contribution >= 4 is 5.78 Å². The highest BCUT2D eigenvalue weighted by molar-refractivity contribution is 6.02. The zero-order chi connectivity index (χ0) is 25.0. The fraction of sp³-hybridized carbons (Fsp3) is 0.276. The van der Waals surface area contributed by atoms with Crippen LogP contribution in [0.3, 0.4) is 0 Å². The van der Waals surface area contributed by atoms with Crippen LogP contribution >= 0.6 is 0 Å². The van der Waals surface area contributed by atoms with Crippen molar-refractivity contribution in [3.8, 4) is 34.3 Å². The summed E-state index contributed by atoms with van der Waals surface area (Å²) in [5.74, 6) is 0.662. The van der Waals surface area contributed by atoms with Crippen molar-refractivity contribution in [2.45, 2.75) is 32.1 Å². The lowest BCUT2D eigenvalue weighted by Crippen LogP contribution is -2.45. The average Bonchev–Trinajstić information content (AvgIpc) is 3.51. The monoisotopic (exact) mass is 474 g/mol. The summed E-state index contributed by atoms with van der Waals surface area (Å²) >= 11 is 0. The molecule has 6 rings (SSSR count). The molecule has 36 heavy (non-hydrogen) atoms. The van der Waals surface area contributed by atoms with E-state index in [0.717, 1.165) is 52.4 Å². The zero-order valence-corrected chi connectivity index (χ0v) is 20.5. The number of pyridine rings is 1. The molecule has 7 nitrogen and oxygen atoms in total. The first-order chi connectivity index (χ1) is 17.4. The van der Waals surface area contributed by atoms with Crippen LogP contribution in [0.2, 0.25) is 0 Å². The van der Waals surface area contributed by atoms with Gasteiger partial charge < -0.3 is 0 Å². The summed E-state index contributed by atoms with van der Waals surface area (Å²) in [7, 11) is 1.91. The molecule has 4 aromatic rings. The summed E-state index contributed by atoms with van der Waals surface area (Å²) < 4.78 is 4.00. The lowest BCUT2D eigenvalue weighted by Gasteiger charge is -2.44. The predicted octanol–water partition coefficient (Wildman–Crippen LogP) is 4.82. The van der Waals surface area contributed by atoms with Crippen LogP contribution in [-0.2, 0) is 23.7 Å². The number of aromatic nitrogens is 5. The lowest BCUT2D eigenvalue weighted by molar-refractivity contribution is -0.121. The van der Waals surface area contributed by atoms with Crippen molar-refractivity contribution in [3.63, 3.8) is 0 Å². The number of imidazole rings is 1. The number of ketones is 1. The number of nitriles is 1. The molecule has 0 fully saturated rings. The van der Waals surface area contributed by atoms with Gasteiger partial charge in [0.2, 0.25) is 0 Å². The molecule has 2 aliphatic rings. The number of hydrogen-bond acceptors (Lipinski definition) is 5. The second-order valence-corrected chi connectivity index (χ2v) is 10.0. The molecular weight excluding hydrogens is 448 g/mol. The Kier molecular flexibility index (Phi) is 5.01. The van der Waals surface area contributed by atoms with E-state index in [9.17, 15) is 10.1 Å². The molecule has 7 heteroatoms. The second kappa shape index (κ2) is 8.13. The summed E-state index contributed by atoms with van der Waals surface area (Å²) in [5.41, 5.74) is 5.91. The molecule has 0 amide bonds. The van der Waals surface area contributed by atoms with Gasteiger partial charge in [-0.3, -0.25) is 19.0 Å². The van der Waals surface area contributed by atoms with Crippen LogP contribution in [0.4, 0.5) is 0 Å². The van der Waals surface area contributed by atoms with Gasteiger partial charge in [-0.1, -0.05) is 38.1 Å². The maximum atomic E-state index is 12.8. The maximum absolute atomic E-state index is 12.8. The quantitative estimate of drug-likeness (QED) is 0.425. The molecule has 0 spiro atoms. The van der Waals surface area contributed by atoms with Crippen LogP contribution in [0.1, 0.15) is 31.7 Å². The van der Waals surface area contributed by atoms with Crippen molar-refractivity contribution in [3.05, 3.63) is 84.2 Å². The molecule has 0 saturated carbocycles. The van der Waals surface area contributed by atoms with Crippen molar-refractivity contribution in [2.24, 2.45) is 18.9 Å². The highest BCUT2D eigenvalue weighted by atomic mass is 16.1. The number of hydrogen-bond donors (Lipinski definition) is 0. The third-order valence-electron chi connectivity index (χ3n) is 7.88. The average molecular weight is 475 g/mol. The molecule has 0 saturated heterocycles. The maximum Gasteiger partial charge on any atom is 0.176 e. The van der Waals surface area contributed by atoms with Crippen molar-refractivity contribution < 1.29 is 4.79 Å². The van der Waals surface area contributed by atoms with Gasteiger partial charge in [0, 0.05) is 48.2 Å². The van der Waals surface area contributed by atoms with Gasteiger partial charge in [0.25, 0.3) is 0 Å². The number of allylic oxidation sites excluding steroid dienone is 2. The fourth-order valence-electron chi connectivity index (χ4n) is 6.09. The van der Waals surface area contributed by atoms with Crippen molar-refractivity contribution in [1.29, 1.82) is 5.26 Å². The number of fused-ring (bicyclic) bond motifs is 3. The molecule has 0 unspecified atom stereocenters. The van der Waals surface area contributed by atoms with E-state index in [-0.39, 0.29) is 23.2 Å². The topological polar surface area (TPSA) is 89.4 Å². The first-order valence-electron chi connectivity index (χ1n) is 12.2. The van der Waals surface area contributed by atoms with Crippen LogP contribution in [0.15, 0.2) is 72.8 Å². The summed E-state index contributed by atoms with van der Waals surface area (Å²) in [4.78, 5) is 22.2. The van der Waals surface area contributed by atoms with E-state index in [1.165, 1.54) is 0 Å². The molecule has 2 aliphatic carbocycles. The highest BCUT2D eigenvalue weighted by Gasteiger charge is 2.50. The largest absolute Gasteiger partial charge is 0.293 e. The minimum Gasteiger partial charge on any atom is -0.293 e. The van der Waals surface area contributed by atoms with Crippen molar-refractivity contribution in [2.75, 3.05) is 0 Å². The Labute approximate surface area is 209 Å². The molecule has 0 aliphatic heterocycles. The summed E-state index contributed by atoms with van der Waals surface area (Å²) in [6.07, 6.45) is 11.0. The van der Waals surface area contributed by atoms with E-state index in [1.54, 1.807) is 17.1 Å². The molecule has 3 heterocycles. The van der Waals surface area contributed by atoms with Gasteiger partial charge in [-0.05, 0) is 48.1 Å². The van der Waals surface area contributed by atoms with Crippen LogP contribution in [0, 0.1) is 23.2 Å². The summed E-state index contributed by atoms with van der Waals surface area (Å²) in [6, 6.07) is 14.5. The van der Waals surface area contributed by atoms with Gasteiger partial charge in [-0.25, -0.2) is 4.98 Å². The molecular formula is C29H26N6O. The number of nitrogens with zero attached hydrogens (tertiary/aromatic N) is 6.